The quantitative estimate of drug-likeness (QED) is 0.310. The predicted molar refractivity (Wildman–Crippen MR) is 117 cm³/mol. The summed E-state index contributed by atoms with van der Waals surface area (Å²) < 4.78 is 25.2. The molecule has 0 bridgehead atoms. The van der Waals surface area contributed by atoms with Crippen LogP contribution in [0.2, 0.25) is 0 Å². The Bertz CT molecular complexity index is 1150. The topological polar surface area (TPSA) is 70.6 Å². The van der Waals surface area contributed by atoms with Gasteiger partial charge >= 0.3 is 0 Å². The van der Waals surface area contributed by atoms with Crippen LogP contribution in [-0.4, -0.2) is 14.6 Å². The summed E-state index contributed by atoms with van der Waals surface area (Å²) in [5, 5.41) is 7.33. The van der Waals surface area contributed by atoms with Gasteiger partial charge in [-0.05, 0) is 54.1 Å². The van der Waals surface area contributed by atoms with Crippen LogP contribution >= 0.6 is 27.7 Å². The Morgan fingerprint density at radius 3 is 2.57 bits per heavy atom. The van der Waals surface area contributed by atoms with Crippen molar-refractivity contribution in [1.29, 1.82) is 0 Å². The minimum absolute atomic E-state index is 0.168. The highest BCUT2D eigenvalue weighted by Crippen LogP contribution is 2.44. The maximum atomic E-state index is 12.2. The van der Waals surface area contributed by atoms with E-state index in [9.17, 15) is 8.42 Å². The van der Waals surface area contributed by atoms with Crippen molar-refractivity contribution in [3.8, 4) is 0 Å². The third kappa shape index (κ3) is 4.24. The maximum Gasteiger partial charge on any atom is 0.276 e. The van der Waals surface area contributed by atoms with E-state index in [2.05, 4.69) is 55.4 Å². The van der Waals surface area contributed by atoms with Crippen molar-refractivity contribution in [2.45, 2.75) is 21.1 Å². The number of halogens is 1. The van der Waals surface area contributed by atoms with Gasteiger partial charge < -0.3 is 5.32 Å². The van der Waals surface area contributed by atoms with E-state index >= 15 is 0 Å². The van der Waals surface area contributed by atoms with E-state index < -0.39 is 10.0 Å². The van der Waals surface area contributed by atoms with Gasteiger partial charge in [0, 0.05) is 26.9 Å². The van der Waals surface area contributed by atoms with E-state index in [1.165, 1.54) is 17.0 Å². The van der Waals surface area contributed by atoms with Crippen LogP contribution in [0.5, 0.6) is 0 Å². The second-order valence-electron chi connectivity index (χ2n) is 6.12. The van der Waals surface area contributed by atoms with Crippen LogP contribution in [0.15, 0.2) is 91.0 Å². The number of nitrogens with one attached hydrogen (secondary N) is 2. The molecule has 0 amide bonds. The second kappa shape index (κ2) is 7.98. The van der Waals surface area contributed by atoms with Crippen LogP contribution in [0.3, 0.4) is 0 Å². The molecular formula is C20H16BrN3O2S2. The van der Waals surface area contributed by atoms with Crippen molar-refractivity contribution in [2.24, 2.45) is 5.10 Å². The normalized spacial score (nSPS) is 12.9. The molecule has 0 saturated heterocycles. The number of rotatable bonds is 5. The molecule has 0 saturated carbocycles. The smallest absolute Gasteiger partial charge is 0.276 e. The second-order valence-corrected chi connectivity index (χ2v) is 9.78. The minimum atomic E-state index is -3.66. The predicted octanol–water partition coefficient (Wildman–Crippen LogP) is 5.16. The van der Waals surface area contributed by atoms with Gasteiger partial charge in [0.15, 0.2) is 0 Å². The summed E-state index contributed by atoms with van der Waals surface area (Å²) in [6, 6.07) is 20.7. The van der Waals surface area contributed by atoms with Crippen LogP contribution in [-0.2, 0) is 16.4 Å². The minimum Gasteiger partial charge on any atom is -0.354 e. The lowest BCUT2D eigenvalue weighted by Crippen LogP contribution is -2.18. The van der Waals surface area contributed by atoms with Crippen LogP contribution in [0.1, 0.15) is 5.56 Å². The van der Waals surface area contributed by atoms with Crippen molar-refractivity contribution in [2.75, 3.05) is 5.32 Å². The monoisotopic (exact) mass is 473 g/mol. The Labute approximate surface area is 176 Å². The molecular weight excluding hydrogens is 458 g/mol. The van der Waals surface area contributed by atoms with E-state index in [0.717, 1.165) is 26.3 Å². The van der Waals surface area contributed by atoms with Gasteiger partial charge in [-0.1, -0.05) is 45.9 Å². The van der Waals surface area contributed by atoms with Gasteiger partial charge in [-0.3, -0.25) is 0 Å². The Morgan fingerprint density at radius 2 is 1.75 bits per heavy atom. The number of nitrogens with zero attached hydrogens (tertiary/aromatic N) is 1. The van der Waals surface area contributed by atoms with Gasteiger partial charge in [0.25, 0.3) is 10.0 Å². The van der Waals surface area contributed by atoms with Crippen molar-refractivity contribution in [3.05, 3.63) is 76.8 Å². The zero-order chi connectivity index (χ0) is 19.6. The molecule has 0 atom stereocenters. The van der Waals surface area contributed by atoms with Gasteiger partial charge in [0.05, 0.1) is 16.3 Å². The highest BCUT2D eigenvalue weighted by atomic mass is 79.9. The van der Waals surface area contributed by atoms with E-state index in [4.69, 9.17) is 0 Å². The van der Waals surface area contributed by atoms with Crippen LogP contribution in [0.4, 0.5) is 11.4 Å². The van der Waals surface area contributed by atoms with Gasteiger partial charge in [0.1, 0.15) is 0 Å². The maximum absolute atomic E-state index is 12.2. The number of fused-ring (bicyclic) bond motifs is 2. The first-order valence-corrected chi connectivity index (χ1v) is 11.6. The molecule has 0 radical (unpaired) electrons. The van der Waals surface area contributed by atoms with E-state index in [1.807, 2.05) is 18.2 Å². The molecule has 5 nitrogen and oxygen atoms in total. The highest BCUT2D eigenvalue weighted by Gasteiger charge is 2.15. The largest absolute Gasteiger partial charge is 0.354 e. The molecule has 0 fully saturated rings. The summed E-state index contributed by atoms with van der Waals surface area (Å²) in [5.74, 6) is 0. The molecule has 1 aliphatic heterocycles. The number of hydrazone groups is 1. The molecule has 0 spiro atoms. The summed E-state index contributed by atoms with van der Waals surface area (Å²) >= 11 is 5.02. The molecule has 2 N–H and O–H groups in total. The lowest BCUT2D eigenvalue weighted by Gasteiger charge is -2.21. The number of hydrogen-bond donors (Lipinski definition) is 2. The Hall–Kier alpha value is -2.29. The summed E-state index contributed by atoms with van der Waals surface area (Å²) in [5.41, 5.74) is 3.18. The van der Waals surface area contributed by atoms with Gasteiger partial charge in [0.2, 0.25) is 0 Å². The fraction of sp³-hybridized carbons (Fsp3) is 0.0500. The molecule has 8 heteroatoms. The fourth-order valence-electron chi connectivity index (χ4n) is 2.74. The fourth-order valence-corrected chi connectivity index (χ4v) is 4.78. The van der Waals surface area contributed by atoms with Crippen LogP contribution in [0, 0.1) is 0 Å². The molecule has 3 aromatic rings. The molecule has 3 aromatic carbocycles. The third-order valence-electron chi connectivity index (χ3n) is 4.14. The van der Waals surface area contributed by atoms with E-state index in [-0.39, 0.29) is 4.90 Å². The van der Waals surface area contributed by atoms with Crippen LogP contribution in [0.25, 0.3) is 0 Å². The Kier molecular flexibility index (Phi) is 5.43. The molecule has 0 aliphatic carbocycles. The van der Waals surface area contributed by atoms with Crippen molar-refractivity contribution in [3.63, 3.8) is 0 Å². The number of para-hydroxylation sites is 1. The summed E-state index contributed by atoms with van der Waals surface area (Å²) in [6.07, 6.45) is 2.08. The Morgan fingerprint density at radius 1 is 1.00 bits per heavy atom. The number of sulfonamides is 1. The SMILES string of the molecule is O=S(=O)(N/N=C/Cc1ccc2c(c1)Nc1ccccc1S2)c1ccc(Br)cc1. The first-order chi connectivity index (χ1) is 13.5. The van der Waals surface area contributed by atoms with Crippen LogP contribution < -0.4 is 10.1 Å². The number of hydrogen-bond acceptors (Lipinski definition) is 5. The average Bonchev–Trinajstić information content (AvgIpc) is 2.70. The summed E-state index contributed by atoms with van der Waals surface area (Å²) in [6.45, 7) is 0. The molecule has 4 rings (SSSR count). The van der Waals surface area contributed by atoms with Gasteiger partial charge in [-0.2, -0.15) is 13.5 Å². The molecule has 1 heterocycles. The number of anilines is 2. The lowest BCUT2D eigenvalue weighted by molar-refractivity contribution is 0.584. The molecule has 142 valence electrons. The third-order valence-corrected chi connectivity index (χ3v) is 7.05. The van der Waals surface area contributed by atoms with Gasteiger partial charge in [-0.15, -0.1) is 0 Å². The first-order valence-electron chi connectivity index (χ1n) is 8.47. The molecule has 28 heavy (non-hydrogen) atoms. The lowest BCUT2D eigenvalue weighted by atomic mass is 10.1. The highest BCUT2D eigenvalue weighted by molar-refractivity contribution is 9.10. The van der Waals surface area contributed by atoms with Crippen molar-refractivity contribution < 1.29 is 8.42 Å². The Balaban J connectivity index is 1.41. The first kappa shape index (κ1) is 19.0. The molecule has 1 aliphatic rings. The summed E-state index contributed by atoms with van der Waals surface area (Å²) in [4.78, 5) is 4.78. The van der Waals surface area contributed by atoms with Crippen molar-refractivity contribution in [1.82, 2.24) is 4.83 Å². The summed E-state index contributed by atoms with van der Waals surface area (Å²) in [7, 11) is -3.66. The average molecular weight is 474 g/mol. The molecule has 0 unspecified atom stereocenters. The van der Waals surface area contributed by atoms with E-state index in [1.54, 1.807) is 30.1 Å². The van der Waals surface area contributed by atoms with Gasteiger partial charge in [-0.25, -0.2) is 4.83 Å². The standard InChI is InChI=1S/C20H16BrN3O2S2/c21-15-6-8-16(9-7-15)28(25,26)24-22-12-11-14-5-10-20-18(13-14)23-17-3-1-2-4-19(17)27-20/h1-10,12-13,23-24H,11H2/b22-12+. The zero-order valence-electron chi connectivity index (χ0n) is 14.6. The van der Waals surface area contributed by atoms with E-state index in [0.29, 0.717) is 6.42 Å². The zero-order valence-corrected chi connectivity index (χ0v) is 17.8. The van der Waals surface area contributed by atoms with Crippen molar-refractivity contribution >= 4 is 55.3 Å². The number of benzene rings is 3. The molecule has 0 aromatic heterocycles.